The number of Topliss-reactive ketones (excluding diaryl/α,β-unsaturated/α-hetero) is 1. The van der Waals surface area contributed by atoms with Gasteiger partial charge >= 0.3 is 0 Å². The van der Waals surface area contributed by atoms with Crippen LogP contribution in [0.3, 0.4) is 0 Å². The molecule has 7 nitrogen and oxygen atoms in total. The molecule has 0 radical (unpaired) electrons. The highest BCUT2D eigenvalue weighted by molar-refractivity contribution is 7.11. The second-order valence-electron chi connectivity index (χ2n) is 8.13. The van der Waals surface area contributed by atoms with Gasteiger partial charge in [-0.15, -0.1) is 11.3 Å². The number of aromatic nitrogens is 1. The van der Waals surface area contributed by atoms with E-state index in [9.17, 15) is 14.4 Å². The third-order valence-corrected chi connectivity index (χ3v) is 6.61. The molecule has 2 aromatic rings. The maximum atomic E-state index is 13.1. The summed E-state index contributed by atoms with van der Waals surface area (Å²) in [7, 11) is 0. The number of carbonyl (C=O) groups excluding carboxylic acids is 3. The number of nitrogens with zero attached hydrogens (tertiary/aromatic N) is 2. The van der Waals surface area contributed by atoms with Crippen molar-refractivity contribution in [3.63, 3.8) is 0 Å². The molecular weight excluding hydrogens is 424 g/mol. The van der Waals surface area contributed by atoms with Crippen molar-refractivity contribution in [2.75, 3.05) is 13.1 Å². The number of unbranched alkanes of at least 4 members (excludes halogenated alkanes) is 2. The average Bonchev–Trinajstić information content (AvgIpc) is 3.52. The predicted octanol–water partition coefficient (Wildman–Crippen LogP) is 2.95. The molecule has 0 bridgehead atoms. The van der Waals surface area contributed by atoms with Gasteiger partial charge in [0, 0.05) is 24.5 Å². The lowest BCUT2D eigenvalue weighted by molar-refractivity contribution is -0.138. The van der Waals surface area contributed by atoms with Gasteiger partial charge in [0.2, 0.25) is 17.6 Å². The van der Waals surface area contributed by atoms with Crippen LogP contribution in [0.5, 0.6) is 0 Å². The van der Waals surface area contributed by atoms with Gasteiger partial charge in [-0.05, 0) is 44.2 Å². The molecule has 3 N–H and O–H groups in total. The van der Waals surface area contributed by atoms with E-state index in [4.69, 9.17) is 5.73 Å². The molecule has 32 heavy (non-hydrogen) atoms. The lowest BCUT2D eigenvalue weighted by Crippen LogP contribution is -2.50. The second-order valence-corrected chi connectivity index (χ2v) is 9.03. The first-order valence-electron chi connectivity index (χ1n) is 11.4. The van der Waals surface area contributed by atoms with Crippen LogP contribution in [0, 0.1) is 0 Å². The van der Waals surface area contributed by atoms with E-state index >= 15 is 0 Å². The third kappa shape index (κ3) is 6.71. The fourth-order valence-corrected chi connectivity index (χ4v) is 4.71. The van der Waals surface area contributed by atoms with Crippen LogP contribution in [-0.2, 0) is 16.0 Å². The Morgan fingerprint density at radius 3 is 2.72 bits per heavy atom. The number of ketones is 1. The van der Waals surface area contributed by atoms with Gasteiger partial charge in [-0.25, -0.2) is 4.98 Å². The van der Waals surface area contributed by atoms with Gasteiger partial charge in [0.1, 0.15) is 6.04 Å². The highest BCUT2D eigenvalue weighted by atomic mass is 32.1. The van der Waals surface area contributed by atoms with Crippen LogP contribution in [-0.4, -0.2) is 52.7 Å². The minimum atomic E-state index is -0.631. The molecule has 1 aromatic heterocycles. The minimum Gasteiger partial charge on any atom is -0.344 e. The molecule has 1 fully saturated rings. The smallest absolute Gasteiger partial charge is 0.243 e. The normalized spacial score (nSPS) is 16.7. The van der Waals surface area contributed by atoms with E-state index in [0.29, 0.717) is 43.8 Å². The zero-order chi connectivity index (χ0) is 22.8. The molecule has 172 valence electrons. The second kappa shape index (κ2) is 12.5. The number of aryl methyl sites for hydroxylation is 1. The molecule has 1 aliphatic heterocycles. The van der Waals surface area contributed by atoms with Crippen molar-refractivity contribution in [3.05, 3.63) is 52.5 Å². The van der Waals surface area contributed by atoms with Crippen molar-refractivity contribution in [2.24, 2.45) is 5.73 Å². The number of thiazole rings is 1. The lowest BCUT2D eigenvalue weighted by atomic mass is 10.0. The van der Waals surface area contributed by atoms with E-state index in [1.165, 1.54) is 11.3 Å². The third-order valence-electron chi connectivity index (χ3n) is 5.82. The standard InChI is InChI=1S/C24H32N4O3S/c25-14-6-2-5-10-19(22(30)24-26-15-17-32-24)27-23(31)20-11-7-16-28(20)21(29)13-12-18-8-3-1-4-9-18/h1,3-4,8-9,15,17,19-20H,2,5-7,10-14,16,25H2,(H,27,31)/t19?,20-/m0/s1. The van der Waals surface area contributed by atoms with E-state index in [1.807, 2.05) is 30.3 Å². The van der Waals surface area contributed by atoms with Crippen molar-refractivity contribution in [3.8, 4) is 0 Å². The quantitative estimate of drug-likeness (QED) is 0.377. The van der Waals surface area contributed by atoms with Crippen LogP contribution in [0.4, 0.5) is 0 Å². The van der Waals surface area contributed by atoms with Crippen molar-refractivity contribution in [1.29, 1.82) is 0 Å². The molecule has 2 heterocycles. The summed E-state index contributed by atoms with van der Waals surface area (Å²) in [6.45, 7) is 1.19. The van der Waals surface area contributed by atoms with Gasteiger partial charge in [0.15, 0.2) is 5.01 Å². The number of benzene rings is 1. The predicted molar refractivity (Wildman–Crippen MR) is 125 cm³/mol. The van der Waals surface area contributed by atoms with Gasteiger partial charge in [-0.3, -0.25) is 14.4 Å². The molecule has 1 aliphatic rings. The number of likely N-dealkylation sites (tertiary alicyclic amines) is 1. The number of nitrogens with one attached hydrogen (secondary N) is 1. The van der Waals surface area contributed by atoms with Crippen molar-refractivity contribution < 1.29 is 14.4 Å². The van der Waals surface area contributed by atoms with E-state index in [-0.39, 0.29) is 17.6 Å². The summed E-state index contributed by atoms with van der Waals surface area (Å²) < 4.78 is 0. The van der Waals surface area contributed by atoms with Gasteiger partial charge < -0.3 is 16.0 Å². The SMILES string of the molecule is NCCCCCC(NC(=O)[C@@H]1CCCN1C(=O)CCc1ccccc1)C(=O)c1nccs1. The molecule has 1 unspecified atom stereocenters. The fourth-order valence-electron chi connectivity index (χ4n) is 4.08. The maximum absolute atomic E-state index is 13.1. The highest BCUT2D eigenvalue weighted by Crippen LogP contribution is 2.21. The van der Waals surface area contributed by atoms with Crippen molar-refractivity contribution in [1.82, 2.24) is 15.2 Å². The Morgan fingerprint density at radius 2 is 2.00 bits per heavy atom. The van der Waals surface area contributed by atoms with Crippen LogP contribution in [0.25, 0.3) is 0 Å². The van der Waals surface area contributed by atoms with Crippen molar-refractivity contribution in [2.45, 2.75) is 63.5 Å². The Balaban J connectivity index is 1.60. The first kappa shape index (κ1) is 24.1. The van der Waals surface area contributed by atoms with Gasteiger partial charge in [-0.2, -0.15) is 0 Å². The van der Waals surface area contributed by atoms with Gasteiger partial charge in [-0.1, -0.05) is 43.2 Å². The lowest BCUT2D eigenvalue weighted by Gasteiger charge is -2.26. The summed E-state index contributed by atoms with van der Waals surface area (Å²) in [6.07, 6.45) is 7.15. The summed E-state index contributed by atoms with van der Waals surface area (Å²) in [5, 5.41) is 5.09. The summed E-state index contributed by atoms with van der Waals surface area (Å²) >= 11 is 1.28. The Bertz CT molecular complexity index is 873. The molecule has 0 saturated carbocycles. The Labute approximate surface area is 193 Å². The molecule has 3 rings (SSSR count). The van der Waals surface area contributed by atoms with E-state index in [0.717, 1.165) is 31.2 Å². The van der Waals surface area contributed by atoms with Crippen LogP contribution in [0.1, 0.15) is 60.3 Å². The molecule has 1 saturated heterocycles. The number of carbonyl (C=O) groups is 3. The molecule has 1 aromatic carbocycles. The number of amides is 2. The first-order valence-corrected chi connectivity index (χ1v) is 12.3. The summed E-state index contributed by atoms with van der Waals surface area (Å²) in [5.41, 5.74) is 6.67. The zero-order valence-corrected chi connectivity index (χ0v) is 19.2. The van der Waals surface area contributed by atoms with E-state index < -0.39 is 12.1 Å². The topological polar surface area (TPSA) is 105 Å². The average molecular weight is 457 g/mol. The van der Waals surface area contributed by atoms with Gasteiger partial charge in [0.25, 0.3) is 0 Å². The molecule has 8 heteroatoms. The number of hydrogen-bond acceptors (Lipinski definition) is 6. The van der Waals surface area contributed by atoms with Crippen LogP contribution in [0.2, 0.25) is 0 Å². The number of nitrogens with two attached hydrogens (primary N) is 1. The molecule has 2 amide bonds. The van der Waals surface area contributed by atoms with Crippen molar-refractivity contribution >= 4 is 28.9 Å². The molecule has 0 aliphatic carbocycles. The summed E-state index contributed by atoms with van der Waals surface area (Å²) in [5.74, 6) is -0.428. The Morgan fingerprint density at radius 1 is 1.19 bits per heavy atom. The van der Waals surface area contributed by atoms with Crippen LogP contribution >= 0.6 is 11.3 Å². The summed E-state index contributed by atoms with van der Waals surface area (Å²) in [6, 6.07) is 8.72. The minimum absolute atomic E-state index is 0.0164. The molecule has 2 atom stereocenters. The maximum Gasteiger partial charge on any atom is 0.243 e. The van der Waals surface area contributed by atoms with E-state index in [1.54, 1.807) is 16.5 Å². The molecular formula is C24H32N4O3S. The number of rotatable bonds is 12. The number of hydrogen-bond donors (Lipinski definition) is 2. The highest BCUT2D eigenvalue weighted by Gasteiger charge is 2.35. The van der Waals surface area contributed by atoms with Crippen LogP contribution in [0.15, 0.2) is 41.9 Å². The van der Waals surface area contributed by atoms with Crippen LogP contribution < -0.4 is 11.1 Å². The Hall–Kier alpha value is -2.58. The molecule has 0 spiro atoms. The largest absolute Gasteiger partial charge is 0.344 e. The monoisotopic (exact) mass is 456 g/mol. The van der Waals surface area contributed by atoms with E-state index in [2.05, 4.69) is 10.3 Å². The Kier molecular flexibility index (Phi) is 9.37. The summed E-state index contributed by atoms with van der Waals surface area (Å²) in [4.78, 5) is 44.7. The zero-order valence-electron chi connectivity index (χ0n) is 18.4. The van der Waals surface area contributed by atoms with Gasteiger partial charge in [0.05, 0.1) is 6.04 Å². The fraction of sp³-hybridized carbons (Fsp3) is 0.500. The first-order chi connectivity index (χ1) is 15.6.